The van der Waals surface area contributed by atoms with Crippen LogP contribution in [-0.4, -0.2) is 34.6 Å². The number of aryl methyl sites for hydroxylation is 1. The number of nitrogens with one attached hydrogen (secondary N) is 2. The minimum Gasteiger partial charge on any atom is -0.494 e. The number of anilines is 1. The molecule has 0 aliphatic heterocycles. The minimum atomic E-state index is -0.910. The van der Waals surface area contributed by atoms with Gasteiger partial charge in [-0.3, -0.25) is 9.59 Å². The van der Waals surface area contributed by atoms with Gasteiger partial charge in [0, 0.05) is 31.0 Å². The van der Waals surface area contributed by atoms with E-state index in [1.165, 1.54) is 0 Å². The number of carbonyl (C=O) groups is 2. The van der Waals surface area contributed by atoms with Crippen molar-refractivity contribution in [3.8, 4) is 5.75 Å². The van der Waals surface area contributed by atoms with Crippen LogP contribution in [0.5, 0.6) is 5.75 Å². The number of hydrogen-bond donors (Lipinski definition) is 3. The Kier molecular flexibility index (Phi) is 5.96. The fraction of sp³-hybridized carbons (Fsp3) is 0.238. The molecule has 28 heavy (non-hydrogen) atoms. The third kappa shape index (κ3) is 4.50. The van der Waals surface area contributed by atoms with E-state index in [1.807, 2.05) is 42.9 Å². The first-order valence-corrected chi connectivity index (χ1v) is 9.03. The van der Waals surface area contributed by atoms with Gasteiger partial charge in [-0.25, -0.2) is 0 Å². The molecule has 0 bridgehead atoms. The number of aliphatic hydroxyl groups excluding tert-OH is 1. The van der Waals surface area contributed by atoms with Gasteiger partial charge in [0.25, 0.3) is 0 Å². The second-order valence-electron chi connectivity index (χ2n) is 6.38. The fourth-order valence-corrected chi connectivity index (χ4v) is 2.88. The molecule has 1 aromatic heterocycles. The van der Waals surface area contributed by atoms with Gasteiger partial charge in [0.15, 0.2) is 0 Å². The number of rotatable bonds is 6. The van der Waals surface area contributed by atoms with E-state index in [0.717, 1.165) is 10.9 Å². The first-order chi connectivity index (χ1) is 13.5. The molecule has 1 unspecified atom stereocenters. The fourth-order valence-electron chi connectivity index (χ4n) is 2.88. The van der Waals surface area contributed by atoms with Crippen LogP contribution in [0.2, 0.25) is 0 Å². The molecule has 1 heterocycles. The minimum absolute atomic E-state index is 0.0616. The Morgan fingerprint density at radius 3 is 2.57 bits per heavy atom. The van der Waals surface area contributed by atoms with Crippen molar-refractivity contribution in [3.63, 3.8) is 0 Å². The normalized spacial score (nSPS) is 11.8. The van der Waals surface area contributed by atoms with Crippen LogP contribution in [0, 0.1) is 0 Å². The molecule has 7 nitrogen and oxygen atoms in total. The predicted octanol–water partition coefficient (Wildman–Crippen LogP) is 2.37. The van der Waals surface area contributed by atoms with Crippen molar-refractivity contribution in [3.05, 3.63) is 60.3 Å². The number of carbonyl (C=O) groups excluding carboxylic acids is 2. The van der Waals surface area contributed by atoms with Gasteiger partial charge in [0.1, 0.15) is 5.75 Å². The number of aromatic nitrogens is 1. The van der Waals surface area contributed by atoms with Crippen LogP contribution in [0.25, 0.3) is 10.9 Å². The molecule has 3 rings (SSSR count). The van der Waals surface area contributed by atoms with Crippen molar-refractivity contribution in [2.24, 2.45) is 7.05 Å². The molecule has 0 spiro atoms. The SMILES string of the molecule is CCOc1ccc(NC(=O)C(=O)NCC(O)c2ccc3c(ccn3C)c2)cc1. The molecule has 0 aliphatic carbocycles. The van der Waals surface area contributed by atoms with Gasteiger partial charge in [-0.1, -0.05) is 6.07 Å². The van der Waals surface area contributed by atoms with Crippen LogP contribution in [0.1, 0.15) is 18.6 Å². The van der Waals surface area contributed by atoms with E-state index in [-0.39, 0.29) is 6.54 Å². The number of aliphatic hydroxyl groups is 1. The third-order valence-electron chi connectivity index (χ3n) is 4.38. The summed E-state index contributed by atoms with van der Waals surface area (Å²) >= 11 is 0. The highest BCUT2D eigenvalue weighted by Gasteiger charge is 2.16. The average Bonchev–Trinajstić information content (AvgIpc) is 3.07. The maximum Gasteiger partial charge on any atom is 0.313 e. The number of benzene rings is 2. The summed E-state index contributed by atoms with van der Waals surface area (Å²) in [5.41, 5.74) is 2.21. The van der Waals surface area contributed by atoms with Gasteiger partial charge < -0.3 is 25.0 Å². The van der Waals surface area contributed by atoms with Crippen LogP contribution >= 0.6 is 0 Å². The second-order valence-corrected chi connectivity index (χ2v) is 6.38. The Morgan fingerprint density at radius 2 is 1.86 bits per heavy atom. The molecule has 0 fully saturated rings. The Bertz CT molecular complexity index is 979. The average molecular weight is 381 g/mol. The Morgan fingerprint density at radius 1 is 1.11 bits per heavy atom. The molecular formula is C21H23N3O4. The zero-order chi connectivity index (χ0) is 20.1. The van der Waals surface area contributed by atoms with E-state index >= 15 is 0 Å². The summed E-state index contributed by atoms with van der Waals surface area (Å²) in [5, 5.41) is 16.3. The Hall–Kier alpha value is -3.32. The lowest BCUT2D eigenvalue weighted by Crippen LogP contribution is -2.37. The van der Waals surface area contributed by atoms with Gasteiger partial charge in [0.05, 0.1) is 12.7 Å². The number of amides is 2. The van der Waals surface area contributed by atoms with Gasteiger partial charge >= 0.3 is 11.8 Å². The molecule has 0 radical (unpaired) electrons. The maximum atomic E-state index is 12.0. The summed E-state index contributed by atoms with van der Waals surface area (Å²) in [6, 6.07) is 14.3. The highest BCUT2D eigenvalue weighted by atomic mass is 16.5. The molecule has 0 saturated heterocycles. The van der Waals surface area contributed by atoms with Gasteiger partial charge in [-0.15, -0.1) is 0 Å². The molecule has 0 aliphatic rings. The van der Waals surface area contributed by atoms with Crippen LogP contribution in [0.15, 0.2) is 54.7 Å². The van der Waals surface area contributed by atoms with E-state index < -0.39 is 17.9 Å². The van der Waals surface area contributed by atoms with Crippen molar-refractivity contribution in [2.75, 3.05) is 18.5 Å². The molecular weight excluding hydrogens is 358 g/mol. The van der Waals surface area contributed by atoms with Gasteiger partial charge in [-0.2, -0.15) is 0 Å². The number of nitrogens with zero attached hydrogens (tertiary/aromatic N) is 1. The smallest absolute Gasteiger partial charge is 0.313 e. The Balaban J connectivity index is 1.53. The first kappa shape index (κ1) is 19.4. The lowest BCUT2D eigenvalue weighted by Gasteiger charge is -2.13. The lowest BCUT2D eigenvalue weighted by atomic mass is 10.1. The lowest BCUT2D eigenvalue weighted by molar-refractivity contribution is -0.136. The van der Waals surface area contributed by atoms with Crippen LogP contribution in [0.4, 0.5) is 5.69 Å². The molecule has 3 N–H and O–H groups in total. The van der Waals surface area contributed by atoms with E-state index in [4.69, 9.17) is 4.74 Å². The van der Waals surface area contributed by atoms with Crippen LogP contribution < -0.4 is 15.4 Å². The van der Waals surface area contributed by atoms with Crippen molar-refractivity contribution in [2.45, 2.75) is 13.0 Å². The molecule has 146 valence electrons. The number of fused-ring (bicyclic) bond motifs is 1. The standard InChI is InChI=1S/C21H23N3O4/c1-3-28-17-7-5-16(6-8-17)23-21(27)20(26)22-13-19(25)15-4-9-18-14(12-15)10-11-24(18)2/h4-12,19,25H,3,13H2,1-2H3,(H,22,26)(H,23,27). The highest BCUT2D eigenvalue weighted by molar-refractivity contribution is 6.39. The summed E-state index contributed by atoms with van der Waals surface area (Å²) in [4.78, 5) is 24.0. The predicted molar refractivity (Wildman–Crippen MR) is 107 cm³/mol. The highest BCUT2D eigenvalue weighted by Crippen LogP contribution is 2.21. The third-order valence-corrected chi connectivity index (χ3v) is 4.38. The summed E-state index contributed by atoms with van der Waals surface area (Å²) in [6.45, 7) is 2.37. The molecule has 0 saturated carbocycles. The maximum absolute atomic E-state index is 12.0. The van der Waals surface area contributed by atoms with E-state index in [9.17, 15) is 14.7 Å². The quantitative estimate of drug-likeness (QED) is 0.572. The Labute approximate surface area is 162 Å². The second kappa shape index (κ2) is 8.58. The van der Waals surface area contributed by atoms with Crippen LogP contribution in [0.3, 0.4) is 0 Å². The summed E-state index contributed by atoms with van der Waals surface area (Å²) < 4.78 is 7.31. The topological polar surface area (TPSA) is 92.6 Å². The molecule has 1 atom stereocenters. The summed E-state index contributed by atoms with van der Waals surface area (Å²) in [7, 11) is 1.95. The monoisotopic (exact) mass is 381 g/mol. The van der Waals surface area contributed by atoms with Crippen molar-refractivity contribution < 1.29 is 19.4 Å². The van der Waals surface area contributed by atoms with Gasteiger partial charge in [0.2, 0.25) is 0 Å². The van der Waals surface area contributed by atoms with Crippen molar-refractivity contribution in [1.82, 2.24) is 9.88 Å². The molecule has 7 heteroatoms. The first-order valence-electron chi connectivity index (χ1n) is 9.03. The molecule has 3 aromatic rings. The van der Waals surface area contributed by atoms with Gasteiger partial charge in [-0.05, 0) is 60.3 Å². The van der Waals surface area contributed by atoms with Crippen molar-refractivity contribution >= 4 is 28.4 Å². The zero-order valence-electron chi connectivity index (χ0n) is 15.8. The summed E-state index contributed by atoms with van der Waals surface area (Å²) in [5.74, 6) is -0.924. The van der Waals surface area contributed by atoms with E-state index in [0.29, 0.717) is 23.6 Å². The van der Waals surface area contributed by atoms with E-state index in [2.05, 4.69) is 10.6 Å². The van der Waals surface area contributed by atoms with Crippen molar-refractivity contribution in [1.29, 1.82) is 0 Å². The van der Waals surface area contributed by atoms with Crippen LogP contribution in [-0.2, 0) is 16.6 Å². The largest absolute Gasteiger partial charge is 0.494 e. The zero-order valence-corrected chi connectivity index (χ0v) is 15.8. The summed E-state index contributed by atoms with van der Waals surface area (Å²) in [6.07, 6.45) is 1.03. The van der Waals surface area contributed by atoms with E-state index in [1.54, 1.807) is 30.3 Å². The molecule has 2 aromatic carbocycles. The molecule has 2 amide bonds. The number of hydrogen-bond acceptors (Lipinski definition) is 4. The number of ether oxygens (including phenoxy) is 1.